The fourth-order valence-corrected chi connectivity index (χ4v) is 0.717. The summed E-state index contributed by atoms with van der Waals surface area (Å²) in [6, 6.07) is 0. The molecule has 0 aromatic heterocycles. The third kappa shape index (κ3) is 3.98. The van der Waals surface area contributed by atoms with Crippen LogP contribution in [0.5, 0.6) is 0 Å². The lowest BCUT2D eigenvalue weighted by Gasteiger charge is -1.88. The first-order valence-electron chi connectivity index (χ1n) is 3.73. The third-order valence-electron chi connectivity index (χ3n) is 1.34. The number of rotatable bonds is 5. The summed E-state index contributed by atoms with van der Waals surface area (Å²) >= 11 is 0. The van der Waals surface area contributed by atoms with Crippen LogP contribution >= 0.6 is 0 Å². The summed E-state index contributed by atoms with van der Waals surface area (Å²) in [5.41, 5.74) is 7.38. The van der Waals surface area contributed by atoms with Crippen LogP contribution in [-0.4, -0.2) is 27.4 Å². The first-order chi connectivity index (χ1) is 6.13. The monoisotopic (exact) mass is 182 g/mol. The largest absolute Gasteiger partial charge is 0.472 e. The van der Waals surface area contributed by atoms with Gasteiger partial charge in [0.1, 0.15) is 0 Å². The van der Waals surface area contributed by atoms with Crippen molar-refractivity contribution in [1.29, 1.82) is 0 Å². The summed E-state index contributed by atoms with van der Waals surface area (Å²) in [5.74, 6) is -2.18. The third-order valence-corrected chi connectivity index (χ3v) is 1.34. The van der Waals surface area contributed by atoms with Crippen molar-refractivity contribution in [3.05, 3.63) is 17.7 Å². The molecule has 0 aliphatic rings. The molecule has 70 valence electrons. The lowest BCUT2D eigenvalue weighted by atomic mass is 10.1. The molecule has 13 heavy (non-hydrogen) atoms. The van der Waals surface area contributed by atoms with E-state index in [4.69, 9.17) is 10.6 Å². The second kappa shape index (κ2) is 5.85. The molecular weight excluding hydrogens is 172 g/mol. The summed E-state index contributed by atoms with van der Waals surface area (Å²) in [4.78, 5) is 23.7. The number of carboxylic acid groups (broad SMARTS) is 1. The maximum atomic E-state index is 11.0. The van der Waals surface area contributed by atoms with Crippen molar-refractivity contribution in [3.8, 4) is 0 Å². The van der Waals surface area contributed by atoms with Crippen molar-refractivity contribution in [2.75, 3.05) is 0 Å². The number of ketones is 1. The maximum absolute atomic E-state index is 11.0. The Morgan fingerprint density at radius 3 is 2.54 bits per heavy atom. The van der Waals surface area contributed by atoms with Gasteiger partial charge in [-0.05, 0) is 13.3 Å². The topological polar surface area (TPSA) is 90.8 Å². The van der Waals surface area contributed by atoms with Gasteiger partial charge in [0, 0.05) is 6.42 Å². The number of carbonyl (C=O) groups excluding carboxylic acids is 1. The zero-order valence-electron chi connectivity index (χ0n) is 7.23. The van der Waals surface area contributed by atoms with Crippen molar-refractivity contribution in [2.24, 2.45) is 0 Å². The van der Waals surface area contributed by atoms with Gasteiger partial charge in [-0.25, -0.2) is 4.79 Å². The standard InChI is InChI=1S/C8H10N2O3/c1-2-3-4-5-6(11)7(10-9)8(12)13/h2-3H,4-5H2,1H3,(H,12,13). The Morgan fingerprint density at radius 2 is 2.15 bits per heavy atom. The predicted molar refractivity (Wildman–Crippen MR) is 45.3 cm³/mol. The Hall–Kier alpha value is -1.74. The molecule has 0 rings (SSSR count). The number of hydrogen-bond donors (Lipinski definition) is 1. The molecule has 5 heteroatoms. The molecule has 0 aliphatic carbocycles. The average Bonchev–Trinajstić information content (AvgIpc) is 2.05. The molecule has 0 spiro atoms. The SMILES string of the molecule is CC=CCCC(=O)C(=[N+]=[N-])C(=O)O. The van der Waals surface area contributed by atoms with E-state index in [2.05, 4.69) is 4.79 Å². The highest BCUT2D eigenvalue weighted by Gasteiger charge is 2.27. The molecule has 0 radical (unpaired) electrons. The predicted octanol–water partition coefficient (Wildman–Crippen LogP) is 0.667. The number of carboxylic acids is 1. The summed E-state index contributed by atoms with van der Waals surface area (Å²) in [6.45, 7) is 1.79. The number of hydrogen-bond acceptors (Lipinski definition) is 2. The Morgan fingerprint density at radius 1 is 1.54 bits per heavy atom. The van der Waals surface area contributed by atoms with Gasteiger partial charge >= 0.3 is 11.7 Å². The quantitative estimate of drug-likeness (QED) is 0.222. The van der Waals surface area contributed by atoms with E-state index in [0.29, 0.717) is 6.42 Å². The molecule has 0 heterocycles. The number of nitrogens with zero attached hydrogens (tertiary/aromatic N) is 2. The van der Waals surface area contributed by atoms with Crippen molar-refractivity contribution < 1.29 is 19.5 Å². The fourth-order valence-electron chi connectivity index (χ4n) is 0.717. The van der Waals surface area contributed by atoms with Crippen LogP contribution in [0.2, 0.25) is 0 Å². The zero-order chi connectivity index (χ0) is 10.3. The second-order valence-electron chi connectivity index (χ2n) is 2.28. The van der Waals surface area contributed by atoms with Gasteiger partial charge in [-0.15, -0.1) is 0 Å². The average molecular weight is 182 g/mol. The van der Waals surface area contributed by atoms with E-state index in [9.17, 15) is 9.59 Å². The molecule has 0 bridgehead atoms. The van der Waals surface area contributed by atoms with Crippen LogP contribution in [0.25, 0.3) is 5.53 Å². The number of allylic oxidation sites excluding steroid dienone is 2. The molecule has 0 aromatic rings. The van der Waals surface area contributed by atoms with Gasteiger partial charge in [-0.2, -0.15) is 4.79 Å². The zero-order valence-corrected chi connectivity index (χ0v) is 7.23. The Balaban J connectivity index is 4.25. The van der Waals surface area contributed by atoms with Gasteiger partial charge in [0.05, 0.1) is 0 Å². The van der Waals surface area contributed by atoms with Crippen LogP contribution in [-0.2, 0) is 9.59 Å². The minimum absolute atomic E-state index is 0.0377. The number of Topliss-reactive ketones (excluding diaryl/α,β-unsaturated/α-hetero) is 1. The Labute approximate surface area is 75.3 Å². The highest BCUT2D eigenvalue weighted by atomic mass is 16.4. The van der Waals surface area contributed by atoms with Crippen molar-refractivity contribution in [1.82, 2.24) is 0 Å². The summed E-state index contributed by atoms with van der Waals surface area (Å²) < 4.78 is 0. The number of carbonyl (C=O) groups is 2. The van der Waals surface area contributed by atoms with E-state index in [1.54, 1.807) is 19.1 Å². The van der Waals surface area contributed by atoms with Gasteiger partial charge < -0.3 is 10.6 Å². The highest BCUT2D eigenvalue weighted by Crippen LogP contribution is 1.94. The minimum atomic E-state index is -1.51. The lowest BCUT2D eigenvalue weighted by Crippen LogP contribution is -2.24. The summed E-state index contributed by atoms with van der Waals surface area (Å²) in [5, 5.41) is 8.37. The molecule has 1 N–H and O–H groups in total. The van der Waals surface area contributed by atoms with Crippen LogP contribution in [0.3, 0.4) is 0 Å². The highest BCUT2D eigenvalue weighted by molar-refractivity contribution is 6.61. The van der Waals surface area contributed by atoms with E-state index in [0.717, 1.165) is 0 Å². The van der Waals surface area contributed by atoms with Crippen molar-refractivity contribution >= 4 is 17.5 Å². The smallest absolute Gasteiger partial charge is 0.441 e. The molecule has 0 saturated heterocycles. The van der Waals surface area contributed by atoms with Gasteiger partial charge in [0.25, 0.3) is 5.78 Å². The maximum Gasteiger partial charge on any atom is 0.441 e. The van der Waals surface area contributed by atoms with E-state index < -0.39 is 17.5 Å². The van der Waals surface area contributed by atoms with Crippen LogP contribution in [0.15, 0.2) is 12.2 Å². The normalized spacial score (nSPS) is 9.62. The van der Waals surface area contributed by atoms with Crippen LogP contribution in [0.4, 0.5) is 0 Å². The van der Waals surface area contributed by atoms with E-state index in [1.165, 1.54) is 0 Å². The molecule has 0 amide bonds. The second-order valence-corrected chi connectivity index (χ2v) is 2.28. The number of aliphatic carboxylic acids is 1. The van der Waals surface area contributed by atoms with Crippen molar-refractivity contribution in [2.45, 2.75) is 19.8 Å². The molecular formula is C8H10N2O3. The first-order valence-corrected chi connectivity index (χ1v) is 3.73. The Bertz CT molecular complexity index is 288. The molecule has 0 aromatic carbocycles. The summed E-state index contributed by atoms with van der Waals surface area (Å²) in [6.07, 6.45) is 3.97. The van der Waals surface area contributed by atoms with Crippen LogP contribution < -0.4 is 0 Å². The minimum Gasteiger partial charge on any atom is -0.472 e. The van der Waals surface area contributed by atoms with Crippen LogP contribution in [0, 0.1) is 0 Å². The molecule has 0 fully saturated rings. The lowest BCUT2D eigenvalue weighted by molar-refractivity contribution is -0.136. The molecule has 0 unspecified atom stereocenters. The van der Waals surface area contributed by atoms with Gasteiger partial charge in [0.2, 0.25) is 0 Å². The van der Waals surface area contributed by atoms with Crippen molar-refractivity contribution in [3.63, 3.8) is 0 Å². The molecule has 0 atom stereocenters. The molecule has 5 nitrogen and oxygen atoms in total. The van der Waals surface area contributed by atoms with Gasteiger partial charge in [-0.3, -0.25) is 4.79 Å². The van der Waals surface area contributed by atoms with E-state index in [-0.39, 0.29) is 6.42 Å². The first kappa shape index (κ1) is 11.3. The Kier molecular flexibility index (Phi) is 5.07. The van der Waals surface area contributed by atoms with E-state index >= 15 is 0 Å². The van der Waals surface area contributed by atoms with E-state index in [1.807, 2.05) is 0 Å². The fraction of sp³-hybridized carbons (Fsp3) is 0.375. The van der Waals surface area contributed by atoms with Gasteiger partial charge in [-0.1, -0.05) is 12.2 Å². The molecule has 0 saturated carbocycles. The van der Waals surface area contributed by atoms with Crippen LogP contribution in [0.1, 0.15) is 19.8 Å². The molecule has 0 aliphatic heterocycles. The summed E-state index contributed by atoms with van der Waals surface area (Å²) in [7, 11) is 0. The van der Waals surface area contributed by atoms with Gasteiger partial charge in [0.15, 0.2) is 0 Å².